The standard InChI is InChI=1S/C17H21NO.C16H19N3S/c1-18(2)13-14-19-17(15-9-5-3-6-10-15)16-11-7-4-8-12-16;1-12(18(2)3)11-19-13-7-4-5-8-14(13)20-15-9-6-10-17-16(15)19/h3-12,17H,13-14H2,1-2H3;4-10,12H,11H2,1-3H3. The smallest absolute Gasteiger partial charge is 0.147 e. The molecule has 6 heteroatoms. The van der Waals surface area contributed by atoms with Crippen molar-refractivity contribution in [3.8, 4) is 0 Å². The lowest BCUT2D eigenvalue weighted by molar-refractivity contribution is 0.0687. The van der Waals surface area contributed by atoms with Gasteiger partial charge in [-0.2, -0.15) is 0 Å². The normalized spacial score (nSPS) is 13.1. The Morgan fingerprint density at radius 2 is 1.36 bits per heavy atom. The third-order valence-electron chi connectivity index (χ3n) is 6.74. The molecule has 0 fully saturated rings. The van der Waals surface area contributed by atoms with Crippen LogP contribution in [0.25, 0.3) is 0 Å². The van der Waals surface area contributed by atoms with Crippen LogP contribution < -0.4 is 4.90 Å². The second kappa shape index (κ2) is 14.3. The third kappa shape index (κ3) is 7.93. The Morgan fingerprint density at radius 3 is 1.97 bits per heavy atom. The second-order valence-corrected chi connectivity index (χ2v) is 11.3. The molecule has 0 bridgehead atoms. The highest BCUT2D eigenvalue weighted by Gasteiger charge is 2.25. The summed E-state index contributed by atoms with van der Waals surface area (Å²) in [6.07, 6.45) is 1.89. The highest BCUT2D eigenvalue weighted by molar-refractivity contribution is 7.99. The van der Waals surface area contributed by atoms with Crippen LogP contribution in [0.15, 0.2) is 113 Å². The monoisotopic (exact) mass is 540 g/mol. The molecule has 1 aliphatic heterocycles. The quantitative estimate of drug-likeness (QED) is 0.228. The van der Waals surface area contributed by atoms with Gasteiger partial charge < -0.3 is 19.4 Å². The Labute approximate surface area is 238 Å². The van der Waals surface area contributed by atoms with Gasteiger partial charge in [0.1, 0.15) is 11.9 Å². The zero-order valence-corrected chi connectivity index (χ0v) is 24.5. The molecule has 2 heterocycles. The number of nitrogens with zero attached hydrogens (tertiary/aromatic N) is 4. The van der Waals surface area contributed by atoms with Crippen molar-refractivity contribution >= 4 is 23.3 Å². The van der Waals surface area contributed by atoms with Gasteiger partial charge in [0.2, 0.25) is 0 Å². The minimum absolute atomic E-state index is 0.0161. The van der Waals surface area contributed by atoms with E-state index < -0.39 is 0 Å². The molecule has 3 aromatic carbocycles. The molecule has 0 spiro atoms. The van der Waals surface area contributed by atoms with Gasteiger partial charge in [-0.25, -0.2) is 4.98 Å². The first-order chi connectivity index (χ1) is 18.9. The number of aromatic nitrogens is 1. The summed E-state index contributed by atoms with van der Waals surface area (Å²) in [5, 5.41) is 0. The van der Waals surface area contributed by atoms with Gasteiger partial charge in [0.25, 0.3) is 0 Å². The van der Waals surface area contributed by atoms with E-state index in [0.717, 1.165) is 25.5 Å². The lowest BCUT2D eigenvalue weighted by atomic mass is 10.0. The summed E-state index contributed by atoms with van der Waals surface area (Å²) in [6, 6.07) is 33.9. The number of benzene rings is 3. The van der Waals surface area contributed by atoms with Crippen molar-refractivity contribution < 1.29 is 4.74 Å². The van der Waals surface area contributed by atoms with Crippen molar-refractivity contribution in [2.75, 3.05) is 52.8 Å². The largest absolute Gasteiger partial charge is 0.367 e. The van der Waals surface area contributed by atoms with E-state index >= 15 is 0 Å². The Kier molecular flexibility index (Phi) is 10.6. The van der Waals surface area contributed by atoms with Gasteiger partial charge in [-0.1, -0.05) is 84.6 Å². The summed E-state index contributed by atoms with van der Waals surface area (Å²) in [5.41, 5.74) is 3.66. The van der Waals surface area contributed by atoms with E-state index in [2.05, 4.69) is 134 Å². The SMILES string of the molecule is CC(CN1c2ccccc2Sc2cccnc21)N(C)C.CN(C)CCOC(c1ccccc1)c1ccccc1. The van der Waals surface area contributed by atoms with E-state index in [-0.39, 0.29) is 6.10 Å². The summed E-state index contributed by atoms with van der Waals surface area (Å²) >= 11 is 1.80. The minimum Gasteiger partial charge on any atom is -0.367 e. The number of ether oxygens (including phenoxy) is 1. The van der Waals surface area contributed by atoms with Crippen LogP contribution >= 0.6 is 11.8 Å². The molecule has 0 radical (unpaired) electrons. The fourth-order valence-electron chi connectivity index (χ4n) is 4.27. The number of fused-ring (bicyclic) bond motifs is 2. The molecule has 0 N–H and O–H groups in total. The molecule has 1 unspecified atom stereocenters. The summed E-state index contributed by atoms with van der Waals surface area (Å²) in [7, 11) is 8.36. The lowest BCUT2D eigenvalue weighted by Gasteiger charge is -2.34. The van der Waals surface area contributed by atoms with E-state index in [1.165, 1.54) is 26.6 Å². The van der Waals surface area contributed by atoms with E-state index in [9.17, 15) is 0 Å². The van der Waals surface area contributed by atoms with Crippen molar-refractivity contribution in [2.24, 2.45) is 0 Å². The molecule has 1 aromatic heterocycles. The van der Waals surface area contributed by atoms with Gasteiger partial charge in [-0.15, -0.1) is 0 Å². The fraction of sp³-hybridized carbons (Fsp3) is 0.303. The Hall–Kier alpha value is -3.16. The lowest BCUT2D eigenvalue weighted by Crippen LogP contribution is -2.37. The van der Waals surface area contributed by atoms with Crippen LogP contribution in [-0.2, 0) is 4.74 Å². The number of hydrogen-bond acceptors (Lipinski definition) is 6. The maximum Gasteiger partial charge on any atom is 0.147 e. The van der Waals surface area contributed by atoms with E-state index in [1.54, 1.807) is 11.8 Å². The molecule has 0 amide bonds. The first-order valence-electron chi connectivity index (χ1n) is 13.5. The number of anilines is 2. The topological polar surface area (TPSA) is 31.8 Å². The summed E-state index contributed by atoms with van der Waals surface area (Å²) in [5.74, 6) is 1.07. The van der Waals surface area contributed by atoms with Crippen molar-refractivity contribution in [2.45, 2.75) is 28.9 Å². The van der Waals surface area contributed by atoms with Gasteiger partial charge in [-0.3, -0.25) is 0 Å². The zero-order chi connectivity index (χ0) is 27.6. The van der Waals surface area contributed by atoms with Gasteiger partial charge in [0, 0.05) is 30.2 Å². The van der Waals surface area contributed by atoms with Crippen LogP contribution in [0.4, 0.5) is 11.5 Å². The Balaban J connectivity index is 0.000000181. The number of likely N-dealkylation sites (N-methyl/N-ethyl adjacent to an activating group) is 2. The summed E-state index contributed by atoms with van der Waals surface area (Å²) in [6.45, 7) is 4.83. The van der Waals surface area contributed by atoms with Gasteiger partial charge in [-0.05, 0) is 70.5 Å². The van der Waals surface area contributed by atoms with Crippen LogP contribution in [0.3, 0.4) is 0 Å². The van der Waals surface area contributed by atoms with Gasteiger partial charge in [0.15, 0.2) is 0 Å². The molecule has 204 valence electrons. The summed E-state index contributed by atoms with van der Waals surface area (Å²) in [4.78, 5) is 13.9. The number of hydrogen-bond donors (Lipinski definition) is 0. The highest BCUT2D eigenvalue weighted by atomic mass is 32.2. The molecule has 1 atom stereocenters. The average molecular weight is 541 g/mol. The third-order valence-corrected chi connectivity index (χ3v) is 7.84. The molecule has 5 rings (SSSR count). The Bertz CT molecular complexity index is 1200. The van der Waals surface area contributed by atoms with Gasteiger partial charge in [0.05, 0.1) is 17.2 Å². The minimum atomic E-state index is 0.0161. The first-order valence-corrected chi connectivity index (χ1v) is 14.3. The van der Waals surface area contributed by atoms with E-state index in [0.29, 0.717) is 6.04 Å². The number of para-hydroxylation sites is 1. The molecular formula is C33H40N4OS. The predicted molar refractivity (Wildman–Crippen MR) is 164 cm³/mol. The molecular weight excluding hydrogens is 500 g/mol. The summed E-state index contributed by atoms with van der Waals surface area (Å²) < 4.78 is 6.08. The fourth-order valence-corrected chi connectivity index (χ4v) is 5.34. The van der Waals surface area contributed by atoms with Crippen LogP contribution in [0.1, 0.15) is 24.2 Å². The predicted octanol–water partition coefficient (Wildman–Crippen LogP) is 6.99. The first kappa shape index (κ1) is 28.8. The maximum absolute atomic E-state index is 6.08. The van der Waals surface area contributed by atoms with E-state index in [4.69, 9.17) is 4.74 Å². The van der Waals surface area contributed by atoms with Crippen LogP contribution in [0.2, 0.25) is 0 Å². The zero-order valence-electron chi connectivity index (χ0n) is 23.7. The van der Waals surface area contributed by atoms with Crippen molar-refractivity contribution in [3.63, 3.8) is 0 Å². The number of pyridine rings is 1. The van der Waals surface area contributed by atoms with Crippen LogP contribution in [-0.4, -0.2) is 68.7 Å². The highest BCUT2D eigenvalue weighted by Crippen LogP contribution is 2.46. The van der Waals surface area contributed by atoms with Crippen molar-refractivity contribution in [1.82, 2.24) is 14.8 Å². The van der Waals surface area contributed by atoms with Gasteiger partial charge >= 0.3 is 0 Å². The molecule has 1 aliphatic rings. The molecule has 0 saturated carbocycles. The molecule has 39 heavy (non-hydrogen) atoms. The molecule has 5 nitrogen and oxygen atoms in total. The van der Waals surface area contributed by atoms with Crippen LogP contribution in [0.5, 0.6) is 0 Å². The van der Waals surface area contributed by atoms with Crippen LogP contribution in [0, 0.1) is 0 Å². The Morgan fingerprint density at radius 1 is 0.769 bits per heavy atom. The number of rotatable bonds is 9. The molecule has 0 aliphatic carbocycles. The van der Waals surface area contributed by atoms with E-state index in [1.807, 2.05) is 24.4 Å². The van der Waals surface area contributed by atoms with Crippen molar-refractivity contribution in [1.29, 1.82) is 0 Å². The maximum atomic E-state index is 6.08. The second-order valence-electron chi connectivity index (χ2n) is 10.2. The van der Waals surface area contributed by atoms with Crippen molar-refractivity contribution in [3.05, 3.63) is 114 Å². The molecule has 0 saturated heterocycles. The average Bonchev–Trinajstić information content (AvgIpc) is 2.96. The molecule has 4 aromatic rings.